The van der Waals surface area contributed by atoms with Gasteiger partial charge in [-0.05, 0) is 50.6 Å². The third-order valence-corrected chi connectivity index (χ3v) is 4.45. The lowest BCUT2D eigenvalue weighted by molar-refractivity contribution is -0.124. The molecule has 1 aliphatic heterocycles. The molecule has 0 spiro atoms. The summed E-state index contributed by atoms with van der Waals surface area (Å²) in [6.07, 6.45) is 1.99. The number of hydrogen-bond donors (Lipinski definition) is 2. The Balaban J connectivity index is 1.84. The van der Waals surface area contributed by atoms with Gasteiger partial charge in [-0.2, -0.15) is 0 Å². The number of amides is 1. The minimum atomic E-state index is -0.133. The highest BCUT2D eigenvalue weighted by atomic mass is 16.5. The summed E-state index contributed by atoms with van der Waals surface area (Å²) in [4.78, 5) is 12.1. The molecule has 0 unspecified atom stereocenters. The molecule has 0 aliphatic carbocycles. The molecule has 2 rings (SSSR count). The molecule has 0 saturated carbocycles. The van der Waals surface area contributed by atoms with Crippen LogP contribution in [0.25, 0.3) is 0 Å². The molecule has 24 heavy (non-hydrogen) atoms. The SMILES string of the molecule is COCC1(CNC(=O)COc2ccc(C)cc2OC)CCNCC1. The zero-order valence-electron chi connectivity index (χ0n) is 14.8. The fraction of sp³-hybridized carbons (Fsp3) is 0.611. The Kier molecular flexibility index (Phi) is 6.87. The minimum Gasteiger partial charge on any atom is -0.493 e. The maximum absolute atomic E-state index is 12.1. The third-order valence-electron chi connectivity index (χ3n) is 4.45. The topological polar surface area (TPSA) is 68.8 Å². The van der Waals surface area contributed by atoms with Crippen LogP contribution in [-0.4, -0.2) is 53.0 Å². The molecular weight excluding hydrogens is 308 g/mol. The second kappa shape index (κ2) is 8.89. The molecule has 1 aliphatic rings. The number of carbonyl (C=O) groups is 1. The van der Waals surface area contributed by atoms with Gasteiger partial charge in [0.1, 0.15) is 0 Å². The summed E-state index contributed by atoms with van der Waals surface area (Å²) < 4.78 is 16.2. The summed E-state index contributed by atoms with van der Waals surface area (Å²) in [5.74, 6) is 1.08. The Hall–Kier alpha value is -1.79. The highest BCUT2D eigenvalue weighted by molar-refractivity contribution is 5.77. The molecule has 1 saturated heterocycles. The van der Waals surface area contributed by atoms with E-state index in [0.29, 0.717) is 24.7 Å². The first-order valence-corrected chi connectivity index (χ1v) is 8.32. The second-order valence-corrected chi connectivity index (χ2v) is 6.40. The van der Waals surface area contributed by atoms with Gasteiger partial charge in [0.15, 0.2) is 18.1 Å². The van der Waals surface area contributed by atoms with Crippen molar-refractivity contribution in [1.82, 2.24) is 10.6 Å². The smallest absolute Gasteiger partial charge is 0.257 e. The Bertz CT molecular complexity index is 536. The van der Waals surface area contributed by atoms with E-state index in [2.05, 4.69) is 10.6 Å². The first-order valence-electron chi connectivity index (χ1n) is 8.32. The predicted octanol–water partition coefficient (Wildman–Crippen LogP) is 1.51. The number of carbonyl (C=O) groups excluding carboxylic acids is 1. The van der Waals surface area contributed by atoms with E-state index < -0.39 is 0 Å². The van der Waals surface area contributed by atoms with Crippen LogP contribution in [-0.2, 0) is 9.53 Å². The number of benzene rings is 1. The number of ether oxygens (including phenoxy) is 3. The highest BCUT2D eigenvalue weighted by Gasteiger charge is 2.32. The van der Waals surface area contributed by atoms with Gasteiger partial charge in [0, 0.05) is 19.1 Å². The molecule has 134 valence electrons. The van der Waals surface area contributed by atoms with Crippen molar-refractivity contribution >= 4 is 5.91 Å². The van der Waals surface area contributed by atoms with E-state index in [1.165, 1.54) is 0 Å². The lowest BCUT2D eigenvalue weighted by atomic mass is 9.79. The Morgan fingerprint density at radius 1 is 1.25 bits per heavy atom. The first-order chi connectivity index (χ1) is 11.6. The van der Waals surface area contributed by atoms with Crippen molar-refractivity contribution in [3.05, 3.63) is 23.8 Å². The zero-order chi connectivity index (χ0) is 17.4. The fourth-order valence-electron chi connectivity index (χ4n) is 3.01. The van der Waals surface area contributed by atoms with Crippen molar-refractivity contribution < 1.29 is 19.0 Å². The molecule has 0 atom stereocenters. The number of methoxy groups -OCH3 is 2. The van der Waals surface area contributed by atoms with Gasteiger partial charge in [0.25, 0.3) is 5.91 Å². The van der Waals surface area contributed by atoms with Crippen molar-refractivity contribution in [3.8, 4) is 11.5 Å². The maximum atomic E-state index is 12.1. The van der Waals surface area contributed by atoms with Gasteiger partial charge in [-0.25, -0.2) is 0 Å². The van der Waals surface area contributed by atoms with Crippen molar-refractivity contribution in [2.45, 2.75) is 19.8 Å². The number of nitrogens with one attached hydrogen (secondary N) is 2. The average Bonchev–Trinajstić information content (AvgIpc) is 2.60. The molecule has 1 heterocycles. The van der Waals surface area contributed by atoms with Gasteiger partial charge in [-0.3, -0.25) is 4.79 Å². The van der Waals surface area contributed by atoms with Crippen LogP contribution in [0.15, 0.2) is 18.2 Å². The molecule has 0 bridgehead atoms. The molecule has 2 N–H and O–H groups in total. The van der Waals surface area contributed by atoms with Crippen molar-refractivity contribution in [2.24, 2.45) is 5.41 Å². The molecule has 0 radical (unpaired) electrons. The predicted molar refractivity (Wildman–Crippen MR) is 92.6 cm³/mol. The van der Waals surface area contributed by atoms with Gasteiger partial charge >= 0.3 is 0 Å². The van der Waals surface area contributed by atoms with Crippen molar-refractivity contribution in [3.63, 3.8) is 0 Å². The lowest BCUT2D eigenvalue weighted by Gasteiger charge is -2.37. The molecule has 6 heteroatoms. The van der Waals surface area contributed by atoms with E-state index in [1.807, 2.05) is 25.1 Å². The van der Waals surface area contributed by atoms with E-state index in [-0.39, 0.29) is 17.9 Å². The van der Waals surface area contributed by atoms with Crippen LogP contribution < -0.4 is 20.1 Å². The molecule has 1 aromatic rings. The van der Waals surface area contributed by atoms with Crippen molar-refractivity contribution in [2.75, 3.05) is 47.1 Å². The summed E-state index contributed by atoms with van der Waals surface area (Å²) in [5, 5.41) is 6.33. The summed E-state index contributed by atoms with van der Waals surface area (Å²) >= 11 is 0. The van der Waals surface area contributed by atoms with Crippen LogP contribution >= 0.6 is 0 Å². The molecule has 1 fully saturated rings. The van der Waals surface area contributed by atoms with Crippen LogP contribution in [0.2, 0.25) is 0 Å². The van der Waals surface area contributed by atoms with Crippen LogP contribution in [0.4, 0.5) is 0 Å². The van der Waals surface area contributed by atoms with E-state index in [9.17, 15) is 4.79 Å². The third kappa shape index (κ3) is 5.11. The van der Waals surface area contributed by atoms with E-state index in [1.54, 1.807) is 14.2 Å². The minimum absolute atomic E-state index is 0.0111. The highest BCUT2D eigenvalue weighted by Crippen LogP contribution is 2.29. The average molecular weight is 336 g/mol. The molecule has 6 nitrogen and oxygen atoms in total. The summed E-state index contributed by atoms with van der Waals surface area (Å²) in [6.45, 7) is 5.12. The van der Waals surface area contributed by atoms with E-state index >= 15 is 0 Å². The van der Waals surface area contributed by atoms with Crippen LogP contribution in [0, 0.1) is 12.3 Å². The fourth-order valence-corrected chi connectivity index (χ4v) is 3.01. The van der Waals surface area contributed by atoms with Gasteiger partial charge in [0.2, 0.25) is 0 Å². The van der Waals surface area contributed by atoms with Gasteiger partial charge in [-0.1, -0.05) is 6.07 Å². The zero-order valence-corrected chi connectivity index (χ0v) is 14.8. The van der Waals surface area contributed by atoms with Crippen LogP contribution in [0.1, 0.15) is 18.4 Å². The van der Waals surface area contributed by atoms with Gasteiger partial charge < -0.3 is 24.8 Å². The largest absolute Gasteiger partial charge is 0.493 e. The normalized spacial score (nSPS) is 16.5. The lowest BCUT2D eigenvalue weighted by Crippen LogP contribution is -2.47. The Morgan fingerprint density at radius 2 is 2.00 bits per heavy atom. The molecular formula is C18H28N2O4. The van der Waals surface area contributed by atoms with E-state index in [4.69, 9.17) is 14.2 Å². The molecule has 1 amide bonds. The summed E-state index contributed by atoms with van der Waals surface area (Å²) in [5.41, 5.74) is 1.09. The Labute approximate surface area is 143 Å². The van der Waals surface area contributed by atoms with Gasteiger partial charge in [0.05, 0.1) is 13.7 Å². The number of aryl methyl sites for hydroxylation is 1. The van der Waals surface area contributed by atoms with Gasteiger partial charge in [-0.15, -0.1) is 0 Å². The standard InChI is InChI=1S/C18H28N2O4/c1-14-4-5-15(16(10-14)23-3)24-11-17(21)20-12-18(13-22-2)6-8-19-9-7-18/h4-5,10,19H,6-9,11-13H2,1-3H3,(H,20,21). The maximum Gasteiger partial charge on any atom is 0.257 e. The molecule has 1 aromatic carbocycles. The number of rotatable bonds is 8. The number of piperidine rings is 1. The van der Waals surface area contributed by atoms with Crippen molar-refractivity contribution in [1.29, 1.82) is 0 Å². The van der Waals surface area contributed by atoms with Crippen LogP contribution in [0.5, 0.6) is 11.5 Å². The molecule has 0 aromatic heterocycles. The number of hydrogen-bond acceptors (Lipinski definition) is 5. The quantitative estimate of drug-likeness (QED) is 0.753. The van der Waals surface area contributed by atoms with Crippen LogP contribution in [0.3, 0.4) is 0 Å². The van der Waals surface area contributed by atoms with E-state index in [0.717, 1.165) is 31.5 Å². The second-order valence-electron chi connectivity index (χ2n) is 6.40. The Morgan fingerprint density at radius 3 is 2.67 bits per heavy atom. The summed E-state index contributed by atoms with van der Waals surface area (Å²) in [6, 6.07) is 5.63. The first kappa shape index (κ1) is 18.5. The summed E-state index contributed by atoms with van der Waals surface area (Å²) in [7, 11) is 3.30. The monoisotopic (exact) mass is 336 g/mol.